The Morgan fingerprint density at radius 3 is 3.18 bits per heavy atom. The van der Waals surface area contributed by atoms with E-state index >= 15 is 0 Å². The zero-order valence-electron chi connectivity index (χ0n) is 10.3. The van der Waals surface area contributed by atoms with Crippen LogP contribution in [0.3, 0.4) is 0 Å². The van der Waals surface area contributed by atoms with Crippen molar-refractivity contribution in [2.45, 2.75) is 19.4 Å². The zero-order valence-corrected chi connectivity index (χ0v) is 10.3. The average Bonchev–Trinajstić information content (AvgIpc) is 2.29. The van der Waals surface area contributed by atoms with Gasteiger partial charge >= 0.3 is 5.97 Å². The van der Waals surface area contributed by atoms with E-state index in [1.54, 1.807) is 32.2 Å². The standard InChI is InChI=1S/C12H16N2O3/c1-4-16-11(15)12(2)8-14(3)10-9(17-12)6-5-7-13-10/h5-7H,4,8H2,1-3H3. The minimum absolute atomic E-state index is 0.346. The first-order valence-corrected chi connectivity index (χ1v) is 5.59. The molecule has 0 radical (unpaired) electrons. The number of hydrogen-bond acceptors (Lipinski definition) is 5. The zero-order chi connectivity index (χ0) is 12.5. The Labute approximate surface area is 100 Å². The lowest BCUT2D eigenvalue weighted by Gasteiger charge is -2.38. The third-order valence-corrected chi connectivity index (χ3v) is 2.69. The van der Waals surface area contributed by atoms with Crippen LogP contribution in [0.2, 0.25) is 0 Å². The summed E-state index contributed by atoms with van der Waals surface area (Å²) in [6, 6.07) is 3.58. The van der Waals surface area contributed by atoms with Gasteiger partial charge in [-0.3, -0.25) is 0 Å². The summed E-state index contributed by atoms with van der Waals surface area (Å²) < 4.78 is 10.8. The number of aromatic nitrogens is 1. The number of fused-ring (bicyclic) bond motifs is 1. The van der Waals surface area contributed by atoms with Crippen molar-refractivity contribution in [1.29, 1.82) is 0 Å². The fraction of sp³-hybridized carbons (Fsp3) is 0.500. The maximum Gasteiger partial charge on any atom is 0.352 e. The number of carbonyl (C=O) groups excluding carboxylic acids is 1. The van der Waals surface area contributed by atoms with Gasteiger partial charge in [-0.2, -0.15) is 0 Å². The quantitative estimate of drug-likeness (QED) is 0.723. The number of carbonyl (C=O) groups is 1. The molecule has 1 atom stereocenters. The lowest BCUT2D eigenvalue weighted by atomic mass is 10.0. The summed E-state index contributed by atoms with van der Waals surface area (Å²) >= 11 is 0. The van der Waals surface area contributed by atoms with E-state index in [0.29, 0.717) is 18.9 Å². The Balaban J connectivity index is 2.29. The van der Waals surface area contributed by atoms with Crippen molar-refractivity contribution in [3.63, 3.8) is 0 Å². The fourth-order valence-corrected chi connectivity index (χ4v) is 1.94. The molecule has 92 valence electrons. The van der Waals surface area contributed by atoms with Crippen molar-refractivity contribution in [2.75, 3.05) is 25.1 Å². The third kappa shape index (κ3) is 2.05. The van der Waals surface area contributed by atoms with E-state index in [1.807, 2.05) is 11.9 Å². The molecular weight excluding hydrogens is 220 g/mol. The smallest absolute Gasteiger partial charge is 0.352 e. The molecule has 0 saturated carbocycles. The van der Waals surface area contributed by atoms with Gasteiger partial charge in [-0.15, -0.1) is 0 Å². The van der Waals surface area contributed by atoms with Crippen LogP contribution in [0.5, 0.6) is 5.75 Å². The van der Waals surface area contributed by atoms with Crippen LogP contribution in [0, 0.1) is 0 Å². The molecular formula is C12H16N2O3. The number of pyridine rings is 1. The van der Waals surface area contributed by atoms with Crippen molar-refractivity contribution in [1.82, 2.24) is 4.98 Å². The molecule has 0 amide bonds. The Kier molecular flexibility index (Phi) is 2.92. The van der Waals surface area contributed by atoms with Crippen LogP contribution in [-0.2, 0) is 9.53 Å². The predicted octanol–water partition coefficient (Wildman–Crippen LogP) is 1.23. The summed E-state index contributed by atoms with van der Waals surface area (Å²) in [6.45, 7) is 4.29. The Hall–Kier alpha value is -1.78. The fourth-order valence-electron chi connectivity index (χ4n) is 1.94. The third-order valence-electron chi connectivity index (χ3n) is 2.69. The maximum absolute atomic E-state index is 11.9. The molecule has 1 unspecified atom stereocenters. The van der Waals surface area contributed by atoms with Crippen molar-refractivity contribution < 1.29 is 14.3 Å². The van der Waals surface area contributed by atoms with E-state index < -0.39 is 5.60 Å². The minimum atomic E-state index is -0.971. The van der Waals surface area contributed by atoms with Gasteiger partial charge in [-0.25, -0.2) is 9.78 Å². The van der Waals surface area contributed by atoms with E-state index in [2.05, 4.69) is 4.98 Å². The van der Waals surface area contributed by atoms with Gasteiger partial charge in [0.1, 0.15) is 0 Å². The topological polar surface area (TPSA) is 51.7 Å². The summed E-state index contributed by atoms with van der Waals surface area (Å²) in [5, 5.41) is 0. The molecule has 1 aliphatic heterocycles. The van der Waals surface area contributed by atoms with E-state index in [-0.39, 0.29) is 5.97 Å². The van der Waals surface area contributed by atoms with Gasteiger partial charge in [0.2, 0.25) is 5.60 Å². The van der Waals surface area contributed by atoms with E-state index in [0.717, 1.165) is 5.82 Å². The van der Waals surface area contributed by atoms with Crippen LogP contribution >= 0.6 is 0 Å². The summed E-state index contributed by atoms with van der Waals surface area (Å²) in [7, 11) is 1.88. The Morgan fingerprint density at radius 2 is 2.47 bits per heavy atom. The van der Waals surface area contributed by atoms with Crippen LogP contribution in [0.4, 0.5) is 5.82 Å². The monoisotopic (exact) mass is 236 g/mol. The van der Waals surface area contributed by atoms with Gasteiger partial charge in [0, 0.05) is 13.2 Å². The molecule has 5 heteroatoms. The predicted molar refractivity (Wildman–Crippen MR) is 63.2 cm³/mol. The molecule has 0 spiro atoms. The van der Waals surface area contributed by atoms with E-state index in [9.17, 15) is 4.79 Å². The van der Waals surface area contributed by atoms with Gasteiger partial charge in [0.15, 0.2) is 11.6 Å². The lowest BCUT2D eigenvalue weighted by Crippen LogP contribution is -2.54. The molecule has 17 heavy (non-hydrogen) atoms. The van der Waals surface area contributed by atoms with Crippen LogP contribution in [0.15, 0.2) is 18.3 Å². The van der Waals surface area contributed by atoms with Gasteiger partial charge in [-0.1, -0.05) is 0 Å². The maximum atomic E-state index is 11.9. The number of esters is 1. The number of anilines is 1. The van der Waals surface area contributed by atoms with Gasteiger partial charge in [0.25, 0.3) is 0 Å². The molecule has 2 heterocycles. The van der Waals surface area contributed by atoms with Crippen LogP contribution in [0.25, 0.3) is 0 Å². The van der Waals surface area contributed by atoms with Crippen molar-refractivity contribution >= 4 is 11.8 Å². The van der Waals surface area contributed by atoms with Crippen LogP contribution < -0.4 is 9.64 Å². The highest BCUT2D eigenvalue weighted by Gasteiger charge is 2.43. The van der Waals surface area contributed by atoms with Crippen molar-refractivity contribution in [3.05, 3.63) is 18.3 Å². The molecule has 1 aliphatic rings. The second-order valence-electron chi connectivity index (χ2n) is 4.23. The van der Waals surface area contributed by atoms with Crippen molar-refractivity contribution in [3.8, 4) is 5.75 Å². The lowest BCUT2D eigenvalue weighted by molar-refractivity contribution is -0.160. The molecule has 0 saturated heterocycles. The first-order valence-electron chi connectivity index (χ1n) is 5.59. The summed E-state index contributed by atoms with van der Waals surface area (Å²) in [5.41, 5.74) is -0.971. The second-order valence-corrected chi connectivity index (χ2v) is 4.23. The largest absolute Gasteiger partial charge is 0.470 e. The van der Waals surface area contributed by atoms with Gasteiger partial charge < -0.3 is 14.4 Å². The number of nitrogens with zero attached hydrogens (tertiary/aromatic N) is 2. The second kappa shape index (κ2) is 4.24. The molecule has 1 aromatic heterocycles. The molecule has 0 aliphatic carbocycles. The molecule has 0 aromatic carbocycles. The first kappa shape index (κ1) is 11.7. The SMILES string of the molecule is CCOC(=O)C1(C)CN(C)c2ncccc2O1. The first-order chi connectivity index (χ1) is 8.07. The van der Waals surface area contributed by atoms with Crippen LogP contribution in [-0.4, -0.2) is 36.8 Å². The van der Waals surface area contributed by atoms with Crippen molar-refractivity contribution in [2.24, 2.45) is 0 Å². The molecule has 0 fully saturated rings. The van der Waals surface area contributed by atoms with E-state index in [1.165, 1.54) is 0 Å². The Morgan fingerprint density at radius 1 is 1.71 bits per heavy atom. The number of ether oxygens (including phenoxy) is 2. The molecule has 0 bridgehead atoms. The highest BCUT2D eigenvalue weighted by molar-refractivity contribution is 5.82. The summed E-state index contributed by atoms with van der Waals surface area (Å²) in [6.07, 6.45) is 1.70. The van der Waals surface area contributed by atoms with Gasteiger partial charge in [0.05, 0.1) is 13.2 Å². The minimum Gasteiger partial charge on any atom is -0.470 e. The highest BCUT2D eigenvalue weighted by atomic mass is 16.6. The molecule has 0 N–H and O–H groups in total. The molecule has 1 aromatic rings. The summed E-state index contributed by atoms with van der Waals surface area (Å²) in [5.74, 6) is 1.01. The number of likely N-dealkylation sites (N-methyl/N-ethyl adjacent to an activating group) is 1. The highest BCUT2D eigenvalue weighted by Crippen LogP contribution is 2.34. The summed E-state index contributed by atoms with van der Waals surface area (Å²) in [4.78, 5) is 18.0. The number of rotatable bonds is 2. The van der Waals surface area contributed by atoms with Gasteiger partial charge in [-0.05, 0) is 26.0 Å². The van der Waals surface area contributed by atoms with E-state index in [4.69, 9.17) is 9.47 Å². The molecule has 5 nitrogen and oxygen atoms in total. The van der Waals surface area contributed by atoms with Crippen LogP contribution in [0.1, 0.15) is 13.8 Å². The molecule has 2 rings (SSSR count). The average molecular weight is 236 g/mol. The normalized spacial score (nSPS) is 22.6. The Bertz CT molecular complexity index is 436. The number of hydrogen-bond donors (Lipinski definition) is 0.